The van der Waals surface area contributed by atoms with E-state index in [2.05, 4.69) is 43.0 Å². The second-order valence-corrected chi connectivity index (χ2v) is 6.23. The Morgan fingerprint density at radius 3 is 2.85 bits per heavy atom. The van der Waals surface area contributed by atoms with Crippen LogP contribution in [0.2, 0.25) is 0 Å². The highest BCUT2D eigenvalue weighted by atomic mass is 15.2. The van der Waals surface area contributed by atoms with Crippen molar-refractivity contribution in [3.63, 3.8) is 0 Å². The minimum Gasteiger partial charge on any atom is -0.324 e. The van der Waals surface area contributed by atoms with Crippen LogP contribution >= 0.6 is 0 Å². The number of nitrogens with zero attached hydrogens (tertiary/aromatic N) is 1. The van der Waals surface area contributed by atoms with Crippen molar-refractivity contribution in [3.05, 3.63) is 35.4 Å². The summed E-state index contributed by atoms with van der Waals surface area (Å²) < 4.78 is 0. The first-order chi connectivity index (χ1) is 9.72. The zero-order valence-electron chi connectivity index (χ0n) is 13.1. The molecule has 1 aromatic rings. The minimum absolute atomic E-state index is 0.181. The van der Waals surface area contributed by atoms with Gasteiger partial charge in [-0.3, -0.25) is 0 Å². The Bertz CT molecular complexity index is 400. The van der Waals surface area contributed by atoms with Crippen molar-refractivity contribution in [1.29, 1.82) is 0 Å². The van der Waals surface area contributed by atoms with Gasteiger partial charge in [-0.25, -0.2) is 0 Å². The molecule has 1 heterocycles. The molecule has 1 fully saturated rings. The largest absolute Gasteiger partial charge is 0.324 e. The van der Waals surface area contributed by atoms with Crippen LogP contribution < -0.4 is 5.73 Å². The van der Waals surface area contributed by atoms with Crippen LogP contribution in [0.25, 0.3) is 0 Å². The lowest BCUT2D eigenvalue weighted by molar-refractivity contribution is 0.135. The molecule has 1 aliphatic rings. The lowest BCUT2D eigenvalue weighted by Crippen LogP contribution is -2.40. The van der Waals surface area contributed by atoms with Crippen LogP contribution in [0.3, 0.4) is 0 Å². The van der Waals surface area contributed by atoms with E-state index >= 15 is 0 Å². The molecule has 112 valence electrons. The first-order valence-corrected chi connectivity index (χ1v) is 8.27. The van der Waals surface area contributed by atoms with Crippen molar-refractivity contribution >= 4 is 0 Å². The number of aryl methyl sites for hydroxylation is 1. The van der Waals surface area contributed by atoms with Crippen molar-refractivity contribution in [2.24, 2.45) is 5.73 Å². The van der Waals surface area contributed by atoms with Crippen LogP contribution in [0.5, 0.6) is 0 Å². The van der Waals surface area contributed by atoms with Gasteiger partial charge in [0, 0.05) is 18.6 Å². The van der Waals surface area contributed by atoms with Gasteiger partial charge >= 0.3 is 0 Å². The van der Waals surface area contributed by atoms with E-state index < -0.39 is 0 Å². The standard InChI is InChI=1S/C18H30N2/c1-3-8-16-10-6-7-13-20(16)14-12-18(19)17-11-5-4-9-15(17)2/h4-5,9,11,16,18H,3,6-8,10,12-14,19H2,1-2H3. The van der Waals surface area contributed by atoms with Crippen LogP contribution in [0, 0.1) is 6.92 Å². The highest BCUT2D eigenvalue weighted by molar-refractivity contribution is 5.28. The zero-order valence-corrected chi connectivity index (χ0v) is 13.1. The third-order valence-electron chi connectivity index (χ3n) is 4.69. The summed E-state index contributed by atoms with van der Waals surface area (Å²) in [6.07, 6.45) is 7.87. The Labute approximate surface area is 124 Å². The maximum Gasteiger partial charge on any atom is 0.0309 e. The summed E-state index contributed by atoms with van der Waals surface area (Å²) in [5.41, 5.74) is 9.04. The second kappa shape index (κ2) is 7.80. The predicted molar refractivity (Wildman–Crippen MR) is 86.8 cm³/mol. The number of hydrogen-bond acceptors (Lipinski definition) is 2. The molecule has 2 rings (SSSR count). The summed E-state index contributed by atoms with van der Waals surface area (Å²) in [6.45, 7) is 6.88. The summed E-state index contributed by atoms with van der Waals surface area (Å²) >= 11 is 0. The van der Waals surface area contributed by atoms with Gasteiger partial charge in [-0.15, -0.1) is 0 Å². The normalized spacial score (nSPS) is 21.9. The van der Waals surface area contributed by atoms with Gasteiger partial charge in [-0.2, -0.15) is 0 Å². The maximum atomic E-state index is 6.41. The highest BCUT2D eigenvalue weighted by Gasteiger charge is 2.22. The Morgan fingerprint density at radius 2 is 2.10 bits per heavy atom. The average molecular weight is 274 g/mol. The molecule has 0 aliphatic carbocycles. The quantitative estimate of drug-likeness (QED) is 0.848. The molecule has 1 aromatic carbocycles. The summed E-state index contributed by atoms with van der Waals surface area (Å²) in [6, 6.07) is 9.52. The van der Waals surface area contributed by atoms with Gasteiger partial charge in [-0.1, -0.05) is 44.0 Å². The van der Waals surface area contributed by atoms with E-state index in [1.54, 1.807) is 0 Å². The van der Waals surface area contributed by atoms with Crippen molar-refractivity contribution in [2.75, 3.05) is 13.1 Å². The molecule has 0 radical (unpaired) electrons. The van der Waals surface area contributed by atoms with E-state index in [1.165, 1.54) is 49.8 Å². The fraction of sp³-hybridized carbons (Fsp3) is 0.667. The first kappa shape index (κ1) is 15.5. The van der Waals surface area contributed by atoms with E-state index in [0.29, 0.717) is 0 Å². The van der Waals surface area contributed by atoms with Crippen LogP contribution in [0.4, 0.5) is 0 Å². The average Bonchev–Trinajstić information content (AvgIpc) is 2.47. The van der Waals surface area contributed by atoms with Gasteiger partial charge in [0.25, 0.3) is 0 Å². The molecule has 0 amide bonds. The van der Waals surface area contributed by atoms with Crippen molar-refractivity contribution in [3.8, 4) is 0 Å². The summed E-state index contributed by atoms with van der Waals surface area (Å²) in [5, 5.41) is 0. The smallest absolute Gasteiger partial charge is 0.0309 e. The fourth-order valence-electron chi connectivity index (χ4n) is 3.48. The molecule has 2 unspecified atom stereocenters. The third-order valence-corrected chi connectivity index (χ3v) is 4.69. The minimum atomic E-state index is 0.181. The Hall–Kier alpha value is -0.860. The first-order valence-electron chi connectivity index (χ1n) is 8.27. The van der Waals surface area contributed by atoms with Gasteiger partial charge in [0.1, 0.15) is 0 Å². The third kappa shape index (κ3) is 4.07. The lowest BCUT2D eigenvalue weighted by Gasteiger charge is -2.36. The number of rotatable bonds is 6. The van der Waals surface area contributed by atoms with Crippen molar-refractivity contribution < 1.29 is 0 Å². The number of nitrogens with two attached hydrogens (primary N) is 1. The lowest BCUT2D eigenvalue weighted by atomic mass is 9.96. The molecule has 0 bridgehead atoms. The summed E-state index contributed by atoms with van der Waals surface area (Å²) in [7, 11) is 0. The maximum absolute atomic E-state index is 6.41. The SMILES string of the molecule is CCCC1CCCCN1CCC(N)c1ccccc1C. The van der Waals surface area contributed by atoms with E-state index in [9.17, 15) is 0 Å². The Kier molecular flexibility index (Phi) is 6.06. The fourth-order valence-corrected chi connectivity index (χ4v) is 3.48. The summed E-state index contributed by atoms with van der Waals surface area (Å²) in [4.78, 5) is 2.69. The molecule has 20 heavy (non-hydrogen) atoms. The monoisotopic (exact) mass is 274 g/mol. The van der Waals surface area contributed by atoms with E-state index in [-0.39, 0.29) is 6.04 Å². The molecule has 0 aromatic heterocycles. The predicted octanol–water partition coefficient (Wildman–Crippen LogP) is 4.04. The number of piperidine rings is 1. The molecule has 1 aliphatic heterocycles. The number of likely N-dealkylation sites (tertiary alicyclic amines) is 1. The molecule has 2 atom stereocenters. The van der Waals surface area contributed by atoms with Crippen molar-refractivity contribution in [2.45, 2.75) is 64.5 Å². The van der Waals surface area contributed by atoms with Gasteiger partial charge in [-0.05, 0) is 50.3 Å². The Balaban J connectivity index is 1.88. The molecule has 2 nitrogen and oxygen atoms in total. The molecule has 2 N–H and O–H groups in total. The highest BCUT2D eigenvalue weighted by Crippen LogP contribution is 2.23. The molecular formula is C18H30N2. The van der Waals surface area contributed by atoms with Gasteiger partial charge in [0.2, 0.25) is 0 Å². The second-order valence-electron chi connectivity index (χ2n) is 6.23. The van der Waals surface area contributed by atoms with Gasteiger partial charge in [0.05, 0.1) is 0 Å². The van der Waals surface area contributed by atoms with Crippen LogP contribution in [0.1, 0.15) is 62.6 Å². The number of hydrogen-bond donors (Lipinski definition) is 1. The topological polar surface area (TPSA) is 29.3 Å². The molecule has 0 spiro atoms. The van der Waals surface area contributed by atoms with E-state index in [4.69, 9.17) is 5.73 Å². The number of benzene rings is 1. The molecular weight excluding hydrogens is 244 g/mol. The van der Waals surface area contributed by atoms with Crippen LogP contribution in [0.15, 0.2) is 24.3 Å². The Morgan fingerprint density at radius 1 is 1.30 bits per heavy atom. The van der Waals surface area contributed by atoms with Gasteiger partial charge in [0.15, 0.2) is 0 Å². The molecule has 0 saturated carbocycles. The molecule has 2 heteroatoms. The zero-order chi connectivity index (χ0) is 14.4. The van der Waals surface area contributed by atoms with Gasteiger partial charge < -0.3 is 10.6 Å². The van der Waals surface area contributed by atoms with Crippen LogP contribution in [-0.2, 0) is 0 Å². The van der Waals surface area contributed by atoms with E-state index in [1.807, 2.05) is 0 Å². The summed E-state index contributed by atoms with van der Waals surface area (Å²) in [5.74, 6) is 0. The molecule has 1 saturated heterocycles. The van der Waals surface area contributed by atoms with Crippen molar-refractivity contribution in [1.82, 2.24) is 4.90 Å². The van der Waals surface area contributed by atoms with E-state index in [0.717, 1.165) is 19.0 Å². The van der Waals surface area contributed by atoms with Crippen LogP contribution in [-0.4, -0.2) is 24.0 Å².